The highest BCUT2D eigenvalue weighted by molar-refractivity contribution is 7.87. The number of aryl methyl sites for hydroxylation is 1. The van der Waals surface area contributed by atoms with Crippen LogP contribution >= 0.6 is 0 Å². The zero-order valence-corrected chi connectivity index (χ0v) is 12.6. The molecule has 0 spiro atoms. The number of hydrogen-bond acceptors (Lipinski definition) is 3. The largest absolute Gasteiger partial charge is 0.395 e. The van der Waals surface area contributed by atoms with E-state index in [1.165, 1.54) is 4.31 Å². The van der Waals surface area contributed by atoms with Crippen LogP contribution in [0.2, 0.25) is 0 Å². The van der Waals surface area contributed by atoms with E-state index in [-0.39, 0.29) is 19.2 Å². The molecule has 0 aromatic heterocycles. The maximum absolute atomic E-state index is 12.3. The SMILES string of the molecule is Cc1ccc(CNS(=O)(=O)N2CCCCC2CO)cc1. The molecule has 1 aliphatic rings. The Labute approximate surface area is 120 Å². The lowest BCUT2D eigenvalue weighted by Crippen LogP contribution is -2.50. The number of rotatable bonds is 5. The highest BCUT2D eigenvalue weighted by Crippen LogP contribution is 2.19. The van der Waals surface area contributed by atoms with Gasteiger partial charge in [-0.3, -0.25) is 0 Å². The van der Waals surface area contributed by atoms with E-state index >= 15 is 0 Å². The van der Waals surface area contributed by atoms with Crippen molar-refractivity contribution in [3.05, 3.63) is 35.4 Å². The molecule has 0 amide bonds. The van der Waals surface area contributed by atoms with Crippen molar-refractivity contribution in [3.63, 3.8) is 0 Å². The summed E-state index contributed by atoms with van der Waals surface area (Å²) in [6.45, 7) is 2.63. The molecule has 1 aromatic rings. The normalized spacial score (nSPS) is 21.0. The summed E-state index contributed by atoms with van der Waals surface area (Å²) in [5.41, 5.74) is 2.07. The molecular weight excluding hydrogens is 276 g/mol. The van der Waals surface area contributed by atoms with Crippen molar-refractivity contribution in [1.82, 2.24) is 9.03 Å². The Balaban J connectivity index is 2.01. The molecule has 6 heteroatoms. The van der Waals surface area contributed by atoms with Crippen LogP contribution in [-0.2, 0) is 16.8 Å². The molecule has 20 heavy (non-hydrogen) atoms. The minimum Gasteiger partial charge on any atom is -0.395 e. The second-order valence-corrected chi connectivity index (χ2v) is 6.96. The highest BCUT2D eigenvalue weighted by atomic mass is 32.2. The lowest BCUT2D eigenvalue weighted by molar-refractivity contribution is 0.154. The summed E-state index contributed by atoms with van der Waals surface area (Å²) < 4.78 is 28.6. The van der Waals surface area contributed by atoms with Gasteiger partial charge in [-0.15, -0.1) is 0 Å². The van der Waals surface area contributed by atoms with Crippen molar-refractivity contribution in [2.45, 2.75) is 38.8 Å². The molecule has 0 saturated carbocycles. The average Bonchev–Trinajstić information content (AvgIpc) is 2.46. The fraction of sp³-hybridized carbons (Fsp3) is 0.571. The van der Waals surface area contributed by atoms with E-state index in [1.54, 1.807) is 0 Å². The van der Waals surface area contributed by atoms with Crippen LogP contribution in [0.5, 0.6) is 0 Å². The third-order valence-electron chi connectivity index (χ3n) is 3.67. The van der Waals surface area contributed by atoms with Crippen LogP contribution in [0.4, 0.5) is 0 Å². The molecule has 2 N–H and O–H groups in total. The van der Waals surface area contributed by atoms with E-state index in [2.05, 4.69) is 4.72 Å². The van der Waals surface area contributed by atoms with Crippen molar-refractivity contribution in [3.8, 4) is 0 Å². The van der Waals surface area contributed by atoms with Gasteiger partial charge in [0.15, 0.2) is 0 Å². The molecule has 1 aliphatic heterocycles. The van der Waals surface area contributed by atoms with Gasteiger partial charge in [-0.25, -0.2) is 0 Å². The van der Waals surface area contributed by atoms with Crippen molar-refractivity contribution in [1.29, 1.82) is 0 Å². The van der Waals surface area contributed by atoms with Gasteiger partial charge in [0.2, 0.25) is 0 Å². The number of nitrogens with zero attached hydrogens (tertiary/aromatic N) is 1. The first-order chi connectivity index (χ1) is 9.53. The Bertz CT molecular complexity index is 528. The van der Waals surface area contributed by atoms with Gasteiger partial charge in [0.25, 0.3) is 10.2 Å². The fourth-order valence-electron chi connectivity index (χ4n) is 2.44. The van der Waals surface area contributed by atoms with Crippen LogP contribution in [-0.4, -0.2) is 37.0 Å². The first kappa shape index (κ1) is 15.4. The minimum absolute atomic E-state index is 0.120. The molecule has 1 atom stereocenters. The van der Waals surface area contributed by atoms with Gasteiger partial charge in [-0.2, -0.15) is 17.4 Å². The predicted octanol–water partition coefficient (Wildman–Crippen LogP) is 1.18. The predicted molar refractivity (Wildman–Crippen MR) is 78.4 cm³/mol. The first-order valence-corrected chi connectivity index (χ1v) is 8.40. The Morgan fingerprint density at radius 3 is 2.65 bits per heavy atom. The maximum atomic E-state index is 12.3. The van der Waals surface area contributed by atoms with E-state index in [4.69, 9.17) is 0 Å². The smallest absolute Gasteiger partial charge is 0.280 e. The van der Waals surface area contributed by atoms with Gasteiger partial charge in [0.1, 0.15) is 0 Å². The molecule has 112 valence electrons. The number of nitrogens with one attached hydrogen (secondary N) is 1. The van der Waals surface area contributed by atoms with Gasteiger partial charge in [0.05, 0.1) is 6.61 Å². The third kappa shape index (κ3) is 3.79. The zero-order valence-electron chi connectivity index (χ0n) is 11.7. The quantitative estimate of drug-likeness (QED) is 0.857. The van der Waals surface area contributed by atoms with E-state index in [1.807, 2.05) is 31.2 Å². The van der Waals surface area contributed by atoms with Crippen LogP contribution in [0.3, 0.4) is 0 Å². The summed E-state index contributed by atoms with van der Waals surface area (Å²) in [5.74, 6) is 0. The van der Waals surface area contributed by atoms with E-state index in [0.717, 1.165) is 30.4 Å². The van der Waals surface area contributed by atoms with Crippen molar-refractivity contribution in [2.24, 2.45) is 0 Å². The number of piperidine rings is 1. The molecule has 1 saturated heterocycles. The summed E-state index contributed by atoms with van der Waals surface area (Å²) in [6.07, 6.45) is 2.54. The molecule has 5 nitrogen and oxygen atoms in total. The number of benzene rings is 1. The molecule has 0 radical (unpaired) electrons. The van der Waals surface area contributed by atoms with Gasteiger partial charge < -0.3 is 5.11 Å². The van der Waals surface area contributed by atoms with Crippen LogP contribution in [0.15, 0.2) is 24.3 Å². The summed E-state index contributed by atoms with van der Waals surface area (Å²) in [6, 6.07) is 7.45. The van der Waals surface area contributed by atoms with E-state index in [9.17, 15) is 13.5 Å². The van der Waals surface area contributed by atoms with Gasteiger partial charge in [-0.1, -0.05) is 36.2 Å². The first-order valence-electron chi connectivity index (χ1n) is 6.96. The molecule has 1 aromatic carbocycles. The van der Waals surface area contributed by atoms with Crippen molar-refractivity contribution >= 4 is 10.2 Å². The lowest BCUT2D eigenvalue weighted by atomic mass is 10.1. The Morgan fingerprint density at radius 1 is 1.30 bits per heavy atom. The molecule has 2 rings (SSSR count). The number of aliphatic hydroxyl groups is 1. The molecule has 1 fully saturated rings. The summed E-state index contributed by atoms with van der Waals surface area (Å²) in [7, 11) is -3.53. The fourth-order valence-corrected chi connectivity index (χ4v) is 3.89. The summed E-state index contributed by atoms with van der Waals surface area (Å²) in [5, 5.41) is 9.31. The Kier molecular flexibility index (Phi) is 5.15. The topological polar surface area (TPSA) is 69.6 Å². The van der Waals surface area contributed by atoms with Crippen LogP contribution < -0.4 is 4.72 Å². The molecule has 0 aliphatic carbocycles. The van der Waals surface area contributed by atoms with Gasteiger partial charge >= 0.3 is 0 Å². The summed E-state index contributed by atoms with van der Waals surface area (Å²) in [4.78, 5) is 0. The van der Waals surface area contributed by atoms with Crippen LogP contribution in [0, 0.1) is 6.92 Å². The second kappa shape index (κ2) is 6.67. The van der Waals surface area contributed by atoms with Crippen LogP contribution in [0.25, 0.3) is 0 Å². The second-order valence-electron chi connectivity index (χ2n) is 5.25. The highest BCUT2D eigenvalue weighted by Gasteiger charge is 2.31. The average molecular weight is 298 g/mol. The van der Waals surface area contributed by atoms with Gasteiger partial charge in [-0.05, 0) is 25.3 Å². The Hall–Kier alpha value is -0.950. The maximum Gasteiger partial charge on any atom is 0.280 e. The zero-order chi connectivity index (χ0) is 14.6. The molecule has 1 heterocycles. The van der Waals surface area contributed by atoms with E-state index < -0.39 is 10.2 Å². The summed E-state index contributed by atoms with van der Waals surface area (Å²) >= 11 is 0. The van der Waals surface area contributed by atoms with Crippen molar-refractivity contribution in [2.75, 3.05) is 13.2 Å². The Morgan fingerprint density at radius 2 is 2.00 bits per heavy atom. The standard InChI is InChI=1S/C14H22N2O3S/c1-12-5-7-13(8-6-12)10-15-20(18,19)16-9-3-2-4-14(16)11-17/h5-8,14-15,17H,2-4,9-11H2,1H3. The van der Waals surface area contributed by atoms with Crippen molar-refractivity contribution < 1.29 is 13.5 Å². The molecule has 1 unspecified atom stereocenters. The van der Waals surface area contributed by atoms with E-state index in [0.29, 0.717) is 6.54 Å². The minimum atomic E-state index is -3.53. The number of aliphatic hydroxyl groups excluding tert-OH is 1. The van der Waals surface area contributed by atoms with Gasteiger partial charge in [0, 0.05) is 19.1 Å². The molecule has 0 bridgehead atoms. The monoisotopic (exact) mass is 298 g/mol. The molecular formula is C14H22N2O3S. The third-order valence-corrected chi connectivity index (χ3v) is 5.28. The van der Waals surface area contributed by atoms with Crippen LogP contribution in [0.1, 0.15) is 30.4 Å². The number of hydrogen-bond donors (Lipinski definition) is 2. The lowest BCUT2D eigenvalue weighted by Gasteiger charge is -2.33.